The highest BCUT2D eigenvalue weighted by Gasteiger charge is 2.47. The number of benzene rings is 1. The number of carbonyl (C=O) groups excluding carboxylic acids is 3. The molecule has 2 N–H and O–H groups in total. The fraction of sp³-hybridized carbons (Fsp3) is 0.526. The van der Waals surface area contributed by atoms with E-state index in [0.717, 1.165) is 16.9 Å². The van der Waals surface area contributed by atoms with Crippen molar-refractivity contribution in [2.45, 2.75) is 53.0 Å². The average Bonchev–Trinajstić information content (AvgIpc) is 2.81. The molecule has 1 atom stereocenters. The molecule has 152 valence electrons. The summed E-state index contributed by atoms with van der Waals surface area (Å²) in [6.45, 7) is 8.61. The van der Waals surface area contributed by atoms with Crippen LogP contribution in [-0.4, -0.2) is 39.8 Å². The molecular formula is C19H26N4O5. The second-order valence-corrected chi connectivity index (χ2v) is 7.79. The Kier molecular flexibility index (Phi) is 6.06. The Morgan fingerprint density at radius 2 is 1.96 bits per heavy atom. The number of hydrogen-bond acceptors (Lipinski definition) is 5. The molecule has 1 aliphatic heterocycles. The van der Waals surface area contributed by atoms with Gasteiger partial charge in [-0.2, -0.15) is 0 Å². The van der Waals surface area contributed by atoms with E-state index in [1.165, 1.54) is 6.07 Å². The summed E-state index contributed by atoms with van der Waals surface area (Å²) in [5.41, 5.74) is 0.117. The van der Waals surface area contributed by atoms with Gasteiger partial charge in [-0.3, -0.25) is 24.6 Å². The number of nitro benzene ring substituents is 1. The molecule has 4 amide bonds. The van der Waals surface area contributed by atoms with Gasteiger partial charge in [-0.05, 0) is 50.7 Å². The molecule has 0 saturated carbocycles. The first kappa shape index (κ1) is 21.3. The van der Waals surface area contributed by atoms with Crippen LogP contribution >= 0.6 is 0 Å². The highest BCUT2D eigenvalue weighted by molar-refractivity contribution is 6.10. The van der Waals surface area contributed by atoms with E-state index < -0.39 is 34.9 Å². The number of amides is 4. The summed E-state index contributed by atoms with van der Waals surface area (Å²) in [4.78, 5) is 48.9. The number of urea groups is 1. The van der Waals surface area contributed by atoms with Gasteiger partial charge in [0, 0.05) is 6.07 Å². The molecule has 1 aromatic carbocycles. The molecule has 1 saturated heterocycles. The summed E-state index contributed by atoms with van der Waals surface area (Å²) in [6.07, 6.45) is 1.22. The van der Waals surface area contributed by atoms with E-state index in [4.69, 9.17) is 0 Å². The van der Waals surface area contributed by atoms with E-state index in [0.29, 0.717) is 17.9 Å². The standard InChI is InChI=1S/C19H26N4O5/c1-11(2)8-9-19(5)17(25)22(18(26)21-19)10-15(24)20-16-13(4)12(3)6-7-14(16)23(27)28/h6-7,11H,8-10H2,1-5H3,(H,20,24)(H,21,26)/t19-/m0/s1. The lowest BCUT2D eigenvalue weighted by atomic mass is 9.92. The monoisotopic (exact) mass is 390 g/mol. The summed E-state index contributed by atoms with van der Waals surface area (Å²) >= 11 is 0. The van der Waals surface area contributed by atoms with Crippen LogP contribution in [0.2, 0.25) is 0 Å². The maximum Gasteiger partial charge on any atom is 0.325 e. The largest absolute Gasteiger partial charge is 0.325 e. The average molecular weight is 390 g/mol. The van der Waals surface area contributed by atoms with Gasteiger partial charge < -0.3 is 10.6 Å². The number of carbonyl (C=O) groups is 3. The van der Waals surface area contributed by atoms with Crippen molar-refractivity contribution in [1.29, 1.82) is 0 Å². The highest BCUT2D eigenvalue weighted by Crippen LogP contribution is 2.30. The molecule has 1 heterocycles. The number of nitrogens with one attached hydrogen (secondary N) is 2. The highest BCUT2D eigenvalue weighted by atomic mass is 16.6. The number of hydrogen-bond donors (Lipinski definition) is 2. The summed E-state index contributed by atoms with van der Waals surface area (Å²) in [7, 11) is 0. The SMILES string of the molecule is Cc1ccc([N+](=O)[O-])c(NC(=O)CN2C(=O)N[C@@](C)(CCC(C)C)C2=O)c1C. The Bertz CT molecular complexity index is 836. The van der Waals surface area contributed by atoms with Crippen molar-refractivity contribution < 1.29 is 19.3 Å². The van der Waals surface area contributed by atoms with Crippen molar-refractivity contribution >= 4 is 29.2 Å². The van der Waals surface area contributed by atoms with Gasteiger partial charge in [0.1, 0.15) is 17.8 Å². The molecule has 0 aliphatic carbocycles. The zero-order valence-corrected chi connectivity index (χ0v) is 16.8. The van der Waals surface area contributed by atoms with Crippen molar-refractivity contribution in [3.05, 3.63) is 33.4 Å². The Morgan fingerprint density at radius 1 is 1.32 bits per heavy atom. The predicted octanol–water partition coefficient (Wildman–Crippen LogP) is 2.90. The molecule has 0 aromatic heterocycles. The summed E-state index contributed by atoms with van der Waals surface area (Å²) in [5.74, 6) is -0.777. The third-order valence-corrected chi connectivity index (χ3v) is 5.04. The van der Waals surface area contributed by atoms with Crippen LogP contribution in [0.3, 0.4) is 0 Å². The van der Waals surface area contributed by atoms with Gasteiger partial charge in [0.25, 0.3) is 11.6 Å². The molecular weight excluding hydrogens is 364 g/mol. The van der Waals surface area contributed by atoms with E-state index in [2.05, 4.69) is 10.6 Å². The van der Waals surface area contributed by atoms with E-state index >= 15 is 0 Å². The lowest BCUT2D eigenvalue weighted by Gasteiger charge is -2.22. The third kappa shape index (κ3) is 4.29. The molecule has 0 radical (unpaired) electrons. The van der Waals surface area contributed by atoms with Crippen LogP contribution in [-0.2, 0) is 9.59 Å². The second-order valence-electron chi connectivity index (χ2n) is 7.79. The zero-order chi connectivity index (χ0) is 21.2. The lowest BCUT2D eigenvalue weighted by Crippen LogP contribution is -2.44. The van der Waals surface area contributed by atoms with Gasteiger partial charge in [-0.25, -0.2) is 4.79 Å². The Morgan fingerprint density at radius 3 is 2.54 bits per heavy atom. The minimum Gasteiger partial charge on any atom is -0.323 e. The molecule has 9 heteroatoms. The van der Waals surface area contributed by atoms with Crippen LogP contribution in [0.5, 0.6) is 0 Å². The molecule has 28 heavy (non-hydrogen) atoms. The fourth-order valence-corrected chi connectivity index (χ4v) is 3.07. The number of rotatable bonds is 7. The Labute approximate surface area is 163 Å². The van der Waals surface area contributed by atoms with Crippen molar-refractivity contribution in [2.24, 2.45) is 5.92 Å². The number of nitrogens with zero attached hydrogens (tertiary/aromatic N) is 2. The topological polar surface area (TPSA) is 122 Å². The Balaban J connectivity index is 2.16. The Hall–Kier alpha value is -2.97. The van der Waals surface area contributed by atoms with Gasteiger partial charge in [0.15, 0.2) is 0 Å². The summed E-state index contributed by atoms with van der Waals surface area (Å²) in [5, 5.41) is 16.4. The molecule has 0 spiro atoms. The minimum absolute atomic E-state index is 0.0737. The molecule has 1 fully saturated rings. The second kappa shape index (κ2) is 7.95. The summed E-state index contributed by atoms with van der Waals surface area (Å²) in [6, 6.07) is 2.27. The first-order valence-corrected chi connectivity index (χ1v) is 9.15. The van der Waals surface area contributed by atoms with Gasteiger partial charge in [-0.1, -0.05) is 19.9 Å². The minimum atomic E-state index is -1.05. The van der Waals surface area contributed by atoms with Gasteiger partial charge >= 0.3 is 6.03 Å². The first-order chi connectivity index (χ1) is 13.0. The van der Waals surface area contributed by atoms with Crippen LogP contribution in [0.15, 0.2) is 12.1 Å². The van der Waals surface area contributed by atoms with Crippen LogP contribution in [0, 0.1) is 29.9 Å². The van der Waals surface area contributed by atoms with E-state index in [-0.39, 0.29) is 11.4 Å². The zero-order valence-electron chi connectivity index (χ0n) is 16.8. The van der Waals surface area contributed by atoms with Crippen LogP contribution in [0.25, 0.3) is 0 Å². The number of imide groups is 1. The van der Waals surface area contributed by atoms with Gasteiger partial charge in [0.05, 0.1) is 4.92 Å². The fourth-order valence-electron chi connectivity index (χ4n) is 3.07. The van der Waals surface area contributed by atoms with Crippen LogP contribution < -0.4 is 10.6 Å². The van der Waals surface area contributed by atoms with Crippen molar-refractivity contribution in [3.8, 4) is 0 Å². The lowest BCUT2D eigenvalue weighted by molar-refractivity contribution is -0.384. The molecule has 0 unspecified atom stereocenters. The van der Waals surface area contributed by atoms with E-state index in [9.17, 15) is 24.5 Å². The molecule has 2 rings (SSSR count). The van der Waals surface area contributed by atoms with Crippen molar-refractivity contribution in [3.63, 3.8) is 0 Å². The van der Waals surface area contributed by atoms with Crippen molar-refractivity contribution in [1.82, 2.24) is 10.2 Å². The van der Waals surface area contributed by atoms with Crippen LogP contribution in [0.1, 0.15) is 44.7 Å². The quantitative estimate of drug-likeness (QED) is 0.421. The number of anilines is 1. The maximum atomic E-state index is 12.7. The van der Waals surface area contributed by atoms with E-state index in [1.807, 2.05) is 13.8 Å². The number of aryl methyl sites for hydroxylation is 1. The smallest absolute Gasteiger partial charge is 0.323 e. The third-order valence-electron chi connectivity index (χ3n) is 5.04. The molecule has 0 bridgehead atoms. The predicted molar refractivity (Wildman–Crippen MR) is 104 cm³/mol. The molecule has 1 aromatic rings. The van der Waals surface area contributed by atoms with Crippen molar-refractivity contribution in [2.75, 3.05) is 11.9 Å². The number of nitro groups is 1. The summed E-state index contributed by atoms with van der Waals surface area (Å²) < 4.78 is 0. The van der Waals surface area contributed by atoms with E-state index in [1.54, 1.807) is 26.8 Å². The van der Waals surface area contributed by atoms with Gasteiger partial charge in [-0.15, -0.1) is 0 Å². The van der Waals surface area contributed by atoms with Gasteiger partial charge in [0.2, 0.25) is 5.91 Å². The normalized spacial score (nSPS) is 19.1. The molecule has 9 nitrogen and oxygen atoms in total. The molecule has 1 aliphatic rings. The first-order valence-electron chi connectivity index (χ1n) is 9.15. The van der Waals surface area contributed by atoms with Crippen LogP contribution in [0.4, 0.5) is 16.2 Å². The maximum absolute atomic E-state index is 12.7.